The minimum atomic E-state index is -0.850. The van der Waals surface area contributed by atoms with Crippen LogP contribution in [0.3, 0.4) is 0 Å². The molecule has 0 spiro atoms. The number of pyridine rings is 1. The molecule has 0 radical (unpaired) electrons. The van der Waals surface area contributed by atoms with Gasteiger partial charge in [0.25, 0.3) is 0 Å². The van der Waals surface area contributed by atoms with E-state index in [1.54, 1.807) is 0 Å². The summed E-state index contributed by atoms with van der Waals surface area (Å²) >= 11 is 0. The van der Waals surface area contributed by atoms with Gasteiger partial charge in [-0.1, -0.05) is 20.3 Å². The van der Waals surface area contributed by atoms with Crippen molar-refractivity contribution in [2.75, 3.05) is 7.11 Å². The molecule has 0 amide bonds. The summed E-state index contributed by atoms with van der Waals surface area (Å²) in [5.74, 6) is -1.30. The first-order valence-corrected chi connectivity index (χ1v) is 6.88. The lowest BCUT2D eigenvalue weighted by molar-refractivity contribution is 0.0592. The highest BCUT2D eigenvalue weighted by atomic mass is 16.5. The smallest absolute Gasteiger partial charge is 0.347 e. The second-order valence-electron chi connectivity index (χ2n) is 5.39. The summed E-state index contributed by atoms with van der Waals surface area (Å²) in [6, 6.07) is 0. The van der Waals surface area contributed by atoms with E-state index in [0.29, 0.717) is 17.9 Å². The maximum Gasteiger partial charge on any atom is 0.347 e. The van der Waals surface area contributed by atoms with Crippen LogP contribution in [-0.2, 0) is 11.2 Å². The molecule has 6 heteroatoms. The lowest BCUT2D eigenvalue weighted by Crippen LogP contribution is -2.11. The standard InChI is InChI=1S/C15H22N2O4/c1-8(2)6-5-7-10-12(9(3)16)17-14(19)11(13(10)18)15(20)21-4/h8,16H,5-7H2,1-4H3,(H2,17,18,19). The van der Waals surface area contributed by atoms with E-state index in [2.05, 4.69) is 23.6 Å². The largest absolute Gasteiger partial charge is 0.506 e. The molecule has 0 unspecified atom stereocenters. The lowest BCUT2D eigenvalue weighted by atomic mass is 9.97. The predicted octanol–water partition coefficient (Wildman–Crippen LogP) is 2.65. The Kier molecular flexibility index (Phi) is 5.69. The third-order valence-electron chi connectivity index (χ3n) is 3.20. The third-order valence-corrected chi connectivity index (χ3v) is 3.20. The van der Waals surface area contributed by atoms with Gasteiger partial charge in [0, 0.05) is 5.56 Å². The Morgan fingerprint density at radius 3 is 2.48 bits per heavy atom. The van der Waals surface area contributed by atoms with Crippen LogP contribution in [0.1, 0.15) is 55.2 Å². The van der Waals surface area contributed by atoms with Gasteiger partial charge in [0.15, 0.2) is 5.56 Å². The van der Waals surface area contributed by atoms with Crippen LogP contribution in [0, 0.1) is 11.3 Å². The van der Waals surface area contributed by atoms with Gasteiger partial charge in [0.05, 0.1) is 18.5 Å². The second kappa shape index (κ2) is 7.06. The van der Waals surface area contributed by atoms with E-state index in [0.717, 1.165) is 20.0 Å². The molecule has 21 heavy (non-hydrogen) atoms. The van der Waals surface area contributed by atoms with Gasteiger partial charge in [-0.3, -0.25) is 0 Å². The van der Waals surface area contributed by atoms with Crippen LogP contribution >= 0.6 is 0 Å². The monoisotopic (exact) mass is 294 g/mol. The fourth-order valence-electron chi connectivity index (χ4n) is 2.12. The zero-order chi connectivity index (χ0) is 16.2. The number of aromatic nitrogens is 1. The minimum absolute atomic E-state index is 0.122. The highest BCUT2D eigenvalue weighted by molar-refractivity contribution is 6.00. The van der Waals surface area contributed by atoms with Crippen LogP contribution in [0.5, 0.6) is 11.6 Å². The van der Waals surface area contributed by atoms with Crippen molar-refractivity contribution in [2.24, 2.45) is 5.92 Å². The van der Waals surface area contributed by atoms with E-state index in [-0.39, 0.29) is 22.7 Å². The number of hydrogen-bond acceptors (Lipinski definition) is 6. The van der Waals surface area contributed by atoms with Crippen molar-refractivity contribution in [1.82, 2.24) is 4.98 Å². The first kappa shape index (κ1) is 16.9. The number of nitrogens with one attached hydrogen (secondary N) is 1. The van der Waals surface area contributed by atoms with Crippen LogP contribution in [0.15, 0.2) is 0 Å². The zero-order valence-electron chi connectivity index (χ0n) is 12.9. The van der Waals surface area contributed by atoms with E-state index >= 15 is 0 Å². The lowest BCUT2D eigenvalue weighted by Gasteiger charge is -2.14. The predicted molar refractivity (Wildman–Crippen MR) is 79.2 cm³/mol. The number of carbonyl (C=O) groups excluding carboxylic acids is 1. The molecule has 0 saturated heterocycles. The second-order valence-corrected chi connectivity index (χ2v) is 5.39. The number of ether oxygens (including phenoxy) is 1. The number of rotatable bonds is 6. The van der Waals surface area contributed by atoms with Crippen molar-refractivity contribution in [2.45, 2.75) is 40.0 Å². The first-order valence-electron chi connectivity index (χ1n) is 6.88. The highest BCUT2D eigenvalue weighted by Gasteiger charge is 2.25. The average Bonchev–Trinajstić information content (AvgIpc) is 2.39. The van der Waals surface area contributed by atoms with E-state index in [9.17, 15) is 15.0 Å². The Bertz CT molecular complexity index is 553. The maximum atomic E-state index is 11.6. The number of methoxy groups -OCH3 is 1. The van der Waals surface area contributed by atoms with Gasteiger partial charge in [-0.2, -0.15) is 0 Å². The Morgan fingerprint density at radius 2 is 2.00 bits per heavy atom. The summed E-state index contributed by atoms with van der Waals surface area (Å²) in [6.07, 6.45) is 2.22. The van der Waals surface area contributed by atoms with Crippen LogP contribution in [-0.4, -0.2) is 34.0 Å². The molecular weight excluding hydrogens is 272 g/mol. The molecule has 1 heterocycles. The van der Waals surface area contributed by atoms with Crippen molar-refractivity contribution in [1.29, 1.82) is 5.41 Å². The summed E-state index contributed by atoms with van der Waals surface area (Å²) in [6.45, 7) is 5.71. The third kappa shape index (κ3) is 3.93. The van der Waals surface area contributed by atoms with Crippen LogP contribution in [0.4, 0.5) is 0 Å². The Morgan fingerprint density at radius 1 is 1.38 bits per heavy atom. The molecule has 0 aliphatic rings. The molecule has 116 valence electrons. The molecule has 0 bridgehead atoms. The molecule has 0 fully saturated rings. The Labute approximate surface area is 124 Å². The molecule has 1 aromatic heterocycles. The molecule has 0 aromatic carbocycles. The van der Waals surface area contributed by atoms with Crippen molar-refractivity contribution in [3.63, 3.8) is 0 Å². The van der Waals surface area contributed by atoms with Crippen molar-refractivity contribution in [3.05, 3.63) is 16.8 Å². The number of hydrogen-bond donors (Lipinski definition) is 3. The normalized spacial score (nSPS) is 10.7. The van der Waals surface area contributed by atoms with E-state index < -0.39 is 11.8 Å². The first-order chi connectivity index (χ1) is 9.79. The van der Waals surface area contributed by atoms with Crippen molar-refractivity contribution in [3.8, 4) is 11.6 Å². The molecule has 0 aliphatic heterocycles. The molecular formula is C15H22N2O4. The molecule has 3 N–H and O–H groups in total. The van der Waals surface area contributed by atoms with Crippen LogP contribution < -0.4 is 0 Å². The summed E-state index contributed by atoms with van der Waals surface area (Å²) in [7, 11) is 1.16. The van der Waals surface area contributed by atoms with E-state index in [1.807, 2.05) is 0 Å². The van der Waals surface area contributed by atoms with Gasteiger partial charge in [-0.15, -0.1) is 0 Å². The zero-order valence-corrected chi connectivity index (χ0v) is 12.9. The number of nitrogens with zero attached hydrogens (tertiary/aromatic N) is 1. The van der Waals surface area contributed by atoms with E-state index in [4.69, 9.17) is 5.41 Å². The molecule has 0 atom stereocenters. The van der Waals surface area contributed by atoms with Crippen molar-refractivity contribution < 1.29 is 19.7 Å². The minimum Gasteiger partial charge on any atom is -0.506 e. The van der Waals surface area contributed by atoms with E-state index in [1.165, 1.54) is 6.92 Å². The SMILES string of the molecule is COC(=O)c1c(O)nc(C(C)=N)c(CCCC(C)C)c1O. The quantitative estimate of drug-likeness (QED) is 0.552. The highest BCUT2D eigenvalue weighted by Crippen LogP contribution is 2.33. The fraction of sp³-hybridized carbons (Fsp3) is 0.533. The van der Waals surface area contributed by atoms with Crippen LogP contribution in [0.2, 0.25) is 0 Å². The van der Waals surface area contributed by atoms with Gasteiger partial charge >= 0.3 is 5.97 Å². The summed E-state index contributed by atoms with van der Waals surface area (Å²) in [4.78, 5) is 15.5. The van der Waals surface area contributed by atoms with Gasteiger partial charge in [-0.05, 0) is 25.7 Å². The number of carbonyl (C=O) groups is 1. The molecule has 0 aliphatic carbocycles. The maximum absolute atomic E-state index is 11.6. The summed E-state index contributed by atoms with van der Waals surface area (Å²) in [5, 5.41) is 27.8. The van der Waals surface area contributed by atoms with Gasteiger partial charge in [0.2, 0.25) is 5.88 Å². The topological polar surface area (TPSA) is 104 Å². The Hall–Kier alpha value is -2.11. The Balaban J connectivity index is 3.29. The van der Waals surface area contributed by atoms with Gasteiger partial charge in [0.1, 0.15) is 5.75 Å². The molecule has 0 saturated carbocycles. The average molecular weight is 294 g/mol. The van der Waals surface area contributed by atoms with Gasteiger partial charge in [-0.25, -0.2) is 9.78 Å². The van der Waals surface area contributed by atoms with Crippen molar-refractivity contribution >= 4 is 11.7 Å². The number of aromatic hydroxyl groups is 2. The molecule has 1 aromatic rings. The van der Waals surface area contributed by atoms with Crippen LogP contribution in [0.25, 0.3) is 0 Å². The number of esters is 1. The fourth-order valence-corrected chi connectivity index (χ4v) is 2.12. The summed E-state index contributed by atoms with van der Waals surface area (Å²) < 4.78 is 4.54. The van der Waals surface area contributed by atoms with Gasteiger partial charge < -0.3 is 20.4 Å². The molecule has 6 nitrogen and oxygen atoms in total. The molecule has 1 rings (SSSR count). The summed E-state index contributed by atoms with van der Waals surface area (Å²) in [5.41, 5.74) is 0.390.